The van der Waals surface area contributed by atoms with Gasteiger partial charge in [-0.15, -0.1) is 0 Å². The first-order valence-electron chi connectivity index (χ1n) is 15.9. The summed E-state index contributed by atoms with van der Waals surface area (Å²) in [4.78, 5) is 9.81. The number of quaternary nitrogens is 1. The molecule has 0 radical (unpaired) electrons. The molecule has 0 aromatic rings. The topological polar surface area (TPSA) is 74.2 Å². The van der Waals surface area contributed by atoms with Crippen LogP contribution in [0.15, 0.2) is 12.2 Å². The Bertz CT molecular complexity index is 596. The van der Waals surface area contributed by atoms with Crippen molar-refractivity contribution in [2.75, 3.05) is 61.2 Å². The van der Waals surface area contributed by atoms with E-state index in [0.29, 0.717) is 24.2 Å². The van der Waals surface area contributed by atoms with E-state index in [-0.39, 0.29) is 13.2 Å². The standard InChI is InChI=1S/C31H64NO6P/c1-6-7-8-9-10-11-12-13-14-15-16-17-18-19-20-21-22-23-24-25-27-36-29-31(35-5)30-38-39(33,34)37-28-26-32(2,3)4/h20-21,31H,6-19,22-30H2,1-5H3/p+1/t31-/m1/s1. The van der Waals surface area contributed by atoms with Crippen molar-refractivity contribution in [2.24, 2.45) is 0 Å². The molecule has 7 nitrogen and oxygen atoms in total. The van der Waals surface area contributed by atoms with Crippen molar-refractivity contribution in [3.05, 3.63) is 12.2 Å². The van der Waals surface area contributed by atoms with Crippen LogP contribution in [0.25, 0.3) is 0 Å². The molecule has 0 amide bonds. The fourth-order valence-electron chi connectivity index (χ4n) is 4.20. The van der Waals surface area contributed by atoms with Crippen molar-refractivity contribution in [1.29, 1.82) is 0 Å². The third kappa shape index (κ3) is 30.5. The predicted molar refractivity (Wildman–Crippen MR) is 164 cm³/mol. The minimum absolute atomic E-state index is 0.0430. The zero-order valence-corrected chi connectivity index (χ0v) is 27.3. The third-order valence-corrected chi connectivity index (χ3v) is 7.86. The van der Waals surface area contributed by atoms with Gasteiger partial charge in [0.05, 0.1) is 34.4 Å². The fraction of sp³-hybridized carbons (Fsp3) is 0.935. The molecule has 0 aromatic heterocycles. The number of hydrogen-bond acceptors (Lipinski definition) is 5. The van der Waals surface area contributed by atoms with E-state index in [9.17, 15) is 9.46 Å². The van der Waals surface area contributed by atoms with Crippen LogP contribution >= 0.6 is 7.82 Å². The lowest BCUT2D eigenvalue weighted by Gasteiger charge is -2.24. The molecule has 39 heavy (non-hydrogen) atoms. The SMILES string of the molecule is CCCCCCCCCCCCCCCC=CCCCCCOC[C@H](COP(=O)(O)OCC[N+](C)(C)C)OC. The first-order chi connectivity index (χ1) is 18.7. The van der Waals surface area contributed by atoms with Gasteiger partial charge in [0.15, 0.2) is 0 Å². The molecule has 0 aromatic carbocycles. The van der Waals surface area contributed by atoms with Crippen LogP contribution in [0.2, 0.25) is 0 Å². The Labute approximate surface area is 242 Å². The molecule has 2 atom stereocenters. The molecule has 0 spiro atoms. The Morgan fingerprint density at radius 2 is 1.18 bits per heavy atom. The normalized spacial score (nSPS) is 14.7. The van der Waals surface area contributed by atoms with Crippen LogP contribution in [0, 0.1) is 0 Å². The Balaban J connectivity index is 3.49. The second kappa shape index (κ2) is 26.6. The van der Waals surface area contributed by atoms with Gasteiger partial charge in [-0.3, -0.25) is 9.05 Å². The van der Waals surface area contributed by atoms with E-state index in [0.717, 1.165) is 19.3 Å². The van der Waals surface area contributed by atoms with Crippen LogP contribution in [-0.2, 0) is 23.1 Å². The summed E-state index contributed by atoms with van der Waals surface area (Å²) in [6, 6.07) is 0. The Kier molecular flexibility index (Phi) is 26.4. The van der Waals surface area contributed by atoms with Gasteiger partial charge in [0.1, 0.15) is 19.3 Å². The van der Waals surface area contributed by atoms with E-state index < -0.39 is 13.9 Å². The Morgan fingerprint density at radius 1 is 0.692 bits per heavy atom. The maximum absolute atomic E-state index is 12.0. The number of rotatable bonds is 30. The number of phosphoric ester groups is 1. The van der Waals surface area contributed by atoms with Crippen LogP contribution in [-0.4, -0.2) is 76.7 Å². The monoisotopic (exact) mass is 578 g/mol. The lowest BCUT2D eigenvalue weighted by Crippen LogP contribution is -2.37. The number of allylic oxidation sites excluding steroid dienone is 2. The van der Waals surface area contributed by atoms with Gasteiger partial charge in [-0.1, -0.05) is 103 Å². The maximum atomic E-state index is 12.0. The molecular formula is C31H65NO6P+. The molecule has 0 aliphatic rings. The number of hydrogen-bond donors (Lipinski definition) is 1. The predicted octanol–water partition coefficient (Wildman–Crippen LogP) is 8.46. The van der Waals surface area contributed by atoms with Crippen molar-refractivity contribution in [1.82, 2.24) is 0 Å². The molecule has 0 bridgehead atoms. The van der Waals surface area contributed by atoms with Gasteiger partial charge in [-0.2, -0.15) is 0 Å². The van der Waals surface area contributed by atoms with Crippen LogP contribution < -0.4 is 0 Å². The summed E-state index contributed by atoms with van der Waals surface area (Å²) in [6.45, 7) is 3.98. The minimum Gasteiger partial charge on any atom is -0.379 e. The van der Waals surface area contributed by atoms with Crippen molar-refractivity contribution < 1.29 is 32.5 Å². The maximum Gasteiger partial charge on any atom is 0.472 e. The summed E-state index contributed by atoms with van der Waals surface area (Å²) in [6.07, 6.45) is 28.2. The third-order valence-electron chi connectivity index (χ3n) is 6.88. The second-order valence-electron chi connectivity index (χ2n) is 11.9. The number of likely N-dealkylation sites (N-methyl/N-ethyl adjacent to an activating group) is 1. The van der Waals surface area contributed by atoms with E-state index in [1.54, 1.807) is 7.11 Å². The molecular weight excluding hydrogens is 513 g/mol. The summed E-state index contributed by atoms with van der Waals surface area (Å²) in [5.74, 6) is 0. The fourth-order valence-corrected chi connectivity index (χ4v) is 4.94. The summed E-state index contributed by atoms with van der Waals surface area (Å²) in [5.41, 5.74) is 0. The molecule has 0 saturated heterocycles. The van der Waals surface area contributed by atoms with Gasteiger partial charge >= 0.3 is 7.82 Å². The summed E-state index contributed by atoms with van der Waals surface area (Å²) in [5, 5.41) is 0. The van der Waals surface area contributed by atoms with E-state index in [2.05, 4.69) is 19.1 Å². The van der Waals surface area contributed by atoms with Crippen LogP contribution in [0.3, 0.4) is 0 Å². The van der Waals surface area contributed by atoms with Gasteiger partial charge in [0, 0.05) is 13.7 Å². The number of methoxy groups -OCH3 is 1. The highest BCUT2D eigenvalue weighted by atomic mass is 31.2. The number of nitrogens with zero attached hydrogens (tertiary/aromatic N) is 1. The summed E-state index contributed by atoms with van der Waals surface area (Å²) >= 11 is 0. The zero-order valence-electron chi connectivity index (χ0n) is 26.4. The molecule has 234 valence electrons. The molecule has 0 fully saturated rings. The average Bonchev–Trinajstić information content (AvgIpc) is 2.88. The molecule has 8 heteroatoms. The van der Waals surface area contributed by atoms with E-state index in [1.807, 2.05) is 21.1 Å². The van der Waals surface area contributed by atoms with E-state index >= 15 is 0 Å². The molecule has 0 aliphatic heterocycles. The quantitative estimate of drug-likeness (QED) is 0.0399. The van der Waals surface area contributed by atoms with E-state index in [4.69, 9.17) is 18.5 Å². The summed E-state index contributed by atoms with van der Waals surface area (Å²) < 4.78 is 33.7. The number of ether oxygens (including phenoxy) is 2. The molecule has 1 N–H and O–H groups in total. The minimum atomic E-state index is -4.08. The number of unbranched alkanes of at least 4 members (excludes halogenated alkanes) is 16. The van der Waals surface area contributed by atoms with Gasteiger partial charge in [0.25, 0.3) is 0 Å². The van der Waals surface area contributed by atoms with Crippen molar-refractivity contribution >= 4 is 7.82 Å². The smallest absolute Gasteiger partial charge is 0.379 e. The highest BCUT2D eigenvalue weighted by molar-refractivity contribution is 7.47. The molecule has 0 heterocycles. The zero-order chi connectivity index (χ0) is 29.1. The Morgan fingerprint density at radius 3 is 1.67 bits per heavy atom. The van der Waals surface area contributed by atoms with Gasteiger partial charge in [-0.05, 0) is 32.1 Å². The summed E-state index contributed by atoms with van der Waals surface area (Å²) in [7, 11) is 3.43. The molecule has 0 saturated carbocycles. The van der Waals surface area contributed by atoms with Crippen LogP contribution in [0.5, 0.6) is 0 Å². The lowest BCUT2D eigenvalue weighted by molar-refractivity contribution is -0.870. The van der Waals surface area contributed by atoms with Gasteiger partial charge in [0.2, 0.25) is 0 Å². The first-order valence-corrected chi connectivity index (χ1v) is 17.4. The largest absolute Gasteiger partial charge is 0.472 e. The second-order valence-corrected chi connectivity index (χ2v) is 13.3. The van der Waals surface area contributed by atoms with Crippen molar-refractivity contribution in [3.63, 3.8) is 0 Å². The molecule has 1 unspecified atom stereocenters. The molecule has 0 aliphatic carbocycles. The first kappa shape index (κ1) is 38.7. The number of phosphoric acid groups is 1. The van der Waals surface area contributed by atoms with Crippen molar-refractivity contribution in [2.45, 2.75) is 129 Å². The van der Waals surface area contributed by atoms with Crippen molar-refractivity contribution in [3.8, 4) is 0 Å². The highest BCUT2D eigenvalue weighted by Gasteiger charge is 2.24. The molecule has 0 rings (SSSR count). The van der Waals surface area contributed by atoms with Gasteiger partial charge < -0.3 is 18.9 Å². The lowest BCUT2D eigenvalue weighted by atomic mass is 10.0. The van der Waals surface area contributed by atoms with Crippen LogP contribution in [0.4, 0.5) is 0 Å². The highest BCUT2D eigenvalue weighted by Crippen LogP contribution is 2.43. The van der Waals surface area contributed by atoms with Gasteiger partial charge in [-0.25, -0.2) is 4.57 Å². The van der Waals surface area contributed by atoms with E-state index in [1.165, 1.54) is 96.3 Å². The van der Waals surface area contributed by atoms with Crippen LogP contribution in [0.1, 0.15) is 122 Å². The average molecular weight is 579 g/mol. The Hall–Kier alpha value is -0.270.